The van der Waals surface area contributed by atoms with Gasteiger partial charge in [-0.05, 0) is 42.9 Å². The van der Waals surface area contributed by atoms with Crippen LogP contribution >= 0.6 is 0 Å². The van der Waals surface area contributed by atoms with E-state index in [9.17, 15) is 9.18 Å². The predicted octanol–water partition coefficient (Wildman–Crippen LogP) is 1.60. The highest BCUT2D eigenvalue weighted by Crippen LogP contribution is 2.46. The van der Waals surface area contributed by atoms with Gasteiger partial charge in [0.2, 0.25) is 0 Å². The Kier molecular flexibility index (Phi) is 3.60. The van der Waals surface area contributed by atoms with Gasteiger partial charge in [0.25, 0.3) is 5.91 Å². The molecule has 2 N–H and O–H groups in total. The summed E-state index contributed by atoms with van der Waals surface area (Å²) in [5.41, 5.74) is 6.71. The number of benzene rings is 1. The Balaban J connectivity index is 1.75. The van der Waals surface area contributed by atoms with Crippen molar-refractivity contribution in [3.8, 4) is 5.69 Å². The van der Waals surface area contributed by atoms with Gasteiger partial charge < -0.3 is 10.6 Å². The standard InChI is InChI=1S/C17H20FN5O/c1-10-11-6-13(7-11)22(16(10)9-19)17(24)14-8-12(18)2-3-15(14)23-20-4-5-21-23/h2-5,8,10-11,13,16H,6-7,9,19H2,1H3/t10-,11?,13?,16?/m1/s1. The van der Waals surface area contributed by atoms with E-state index in [-0.39, 0.29) is 23.6 Å². The van der Waals surface area contributed by atoms with Crippen molar-refractivity contribution >= 4 is 5.91 Å². The minimum Gasteiger partial charge on any atom is -0.331 e. The van der Waals surface area contributed by atoms with Crippen molar-refractivity contribution < 1.29 is 9.18 Å². The molecular formula is C17H20FN5O. The van der Waals surface area contributed by atoms with Crippen molar-refractivity contribution in [2.45, 2.75) is 31.8 Å². The number of carbonyl (C=O) groups excluding carboxylic acids is 1. The molecule has 1 unspecified atom stereocenters. The lowest BCUT2D eigenvalue weighted by molar-refractivity contribution is -0.0515. The molecule has 24 heavy (non-hydrogen) atoms. The summed E-state index contributed by atoms with van der Waals surface area (Å²) in [6.45, 7) is 2.57. The molecule has 6 nitrogen and oxygen atoms in total. The Hall–Kier alpha value is -2.28. The quantitative estimate of drug-likeness (QED) is 0.928. The number of carbonyl (C=O) groups is 1. The SMILES string of the molecule is C[C@@H]1C2CC(C2)N(C(=O)c2cc(F)ccc2-n2nccn2)C1CN. The topological polar surface area (TPSA) is 77.0 Å². The lowest BCUT2D eigenvalue weighted by Gasteiger charge is -2.57. The van der Waals surface area contributed by atoms with Crippen LogP contribution in [0.3, 0.4) is 0 Å². The van der Waals surface area contributed by atoms with E-state index in [2.05, 4.69) is 17.1 Å². The molecule has 0 radical (unpaired) electrons. The third-order valence-corrected chi connectivity index (χ3v) is 5.55. The van der Waals surface area contributed by atoms with Gasteiger partial charge in [-0.25, -0.2) is 4.39 Å². The van der Waals surface area contributed by atoms with Crippen LogP contribution in [0.2, 0.25) is 0 Å². The van der Waals surface area contributed by atoms with Crippen molar-refractivity contribution in [2.24, 2.45) is 17.6 Å². The first kappa shape index (κ1) is 15.3. The first-order valence-electron chi connectivity index (χ1n) is 8.29. The Morgan fingerprint density at radius 3 is 2.71 bits per heavy atom. The lowest BCUT2D eigenvalue weighted by Crippen LogP contribution is -2.64. The molecule has 2 aliphatic heterocycles. The van der Waals surface area contributed by atoms with Gasteiger partial charge in [0.1, 0.15) is 5.82 Å². The number of nitrogens with zero attached hydrogens (tertiary/aromatic N) is 4. The molecule has 3 aliphatic rings. The number of hydrogen-bond acceptors (Lipinski definition) is 4. The van der Waals surface area contributed by atoms with E-state index >= 15 is 0 Å². The van der Waals surface area contributed by atoms with Gasteiger partial charge in [-0.2, -0.15) is 15.0 Å². The summed E-state index contributed by atoms with van der Waals surface area (Å²) >= 11 is 0. The van der Waals surface area contributed by atoms with Crippen molar-refractivity contribution in [1.29, 1.82) is 0 Å². The van der Waals surface area contributed by atoms with E-state index in [4.69, 9.17) is 5.73 Å². The molecule has 126 valence electrons. The summed E-state index contributed by atoms with van der Waals surface area (Å²) in [5, 5.41) is 8.15. The molecule has 3 fully saturated rings. The van der Waals surface area contributed by atoms with Gasteiger partial charge in [-0.3, -0.25) is 4.79 Å². The van der Waals surface area contributed by atoms with Crippen LogP contribution in [0.1, 0.15) is 30.1 Å². The second-order valence-electron chi connectivity index (χ2n) is 6.74. The molecule has 2 saturated heterocycles. The van der Waals surface area contributed by atoms with Gasteiger partial charge in [-0.15, -0.1) is 0 Å². The molecule has 2 bridgehead atoms. The fourth-order valence-electron chi connectivity index (χ4n) is 4.10. The van der Waals surface area contributed by atoms with Gasteiger partial charge in [0.15, 0.2) is 0 Å². The number of amides is 1. The molecule has 2 aromatic rings. The number of nitrogens with two attached hydrogens (primary N) is 1. The first-order chi connectivity index (χ1) is 11.6. The lowest BCUT2D eigenvalue weighted by atomic mass is 9.64. The van der Waals surface area contributed by atoms with Gasteiger partial charge in [-0.1, -0.05) is 6.92 Å². The van der Waals surface area contributed by atoms with Crippen LogP contribution in [0.15, 0.2) is 30.6 Å². The van der Waals surface area contributed by atoms with Crippen molar-refractivity contribution in [3.63, 3.8) is 0 Å². The van der Waals surface area contributed by atoms with Gasteiger partial charge in [0, 0.05) is 18.6 Å². The number of aromatic nitrogens is 3. The average Bonchev–Trinajstić information content (AvgIpc) is 3.06. The monoisotopic (exact) mass is 329 g/mol. The smallest absolute Gasteiger partial charge is 0.256 e. The number of rotatable bonds is 3. The predicted molar refractivity (Wildman–Crippen MR) is 86.0 cm³/mol. The summed E-state index contributed by atoms with van der Waals surface area (Å²) in [5.74, 6) is 0.374. The highest BCUT2D eigenvalue weighted by molar-refractivity contribution is 5.98. The van der Waals surface area contributed by atoms with Crippen LogP contribution in [0.4, 0.5) is 4.39 Å². The van der Waals surface area contributed by atoms with Crippen molar-refractivity contribution in [1.82, 2.24) is 19.9 Å². The van der Waals surface area contributed by atoms with Crippen LogP contribution in [0.5, 0.6) is 0 Å². The van der Waals surface area contributed by atoms with Crippen molar-refractivity contribution in [3.05, 3.63) is 42.0 Å². The molecule has 3 heterocycles. The Labute approximate surface area is 139 Å². The fourth-order valence-corrected chi connectivity index (χ4v) is 4.10. The maximum Gasteiger partial charge on any atom is 0.256 e. The summed E-state index contributed by atoms with van der Waals surface area (Å²) in [7, 11) is 0. The summed E-state index contributed by atoms with van der Waals surface area (Å²) in [6.07, 6.45) is 5.07. The first-order valence-corrected chi connectivity index (χ1v) is 8.29. The van der Waals surface area contributed by atoms with Crippen LogP contribution in [-0.2, 0) is 0 Å². The number of piperidine rings is 2. The third kappa shape index (κ3) is 2.23. The third-order valence-electron chi connectivity index (χ3n) is 5.55. The Bertz CT molecular complexity index is 756. The van der Waals surface area contributed by atoms with Crippen LogP contribution < -0.4 is 5.73 Å². The van der Waals surface area contributed by atoms with Crippen LogP contribution in [0.25, 0.3) is 5.69 Å². The number of fused-ring (bicyclic) bond motifs is 2. The van der Waals surface area contributed by atoms with E-state index in [0.717, 1.165) is 12.8 Å². The average molecular weight is 329 g/mol. The molecule has 1 amide bonds. The molecule has 1 aromatic heterocycles. The zero-order valence-corrected chi connectivity index (χ0v) is 13.5. The summed E-state index contributed by atoms with van der Waals surface area (Å²) in [6, 6.07) is 4.32. The summed E-state index contributed by atoms with van der Waals surface area (Å²) < 4.78 is 13.8. The van der Waals surface area contributed by atoms with E-state index < -0.39 is 5.82 Å². The van der Waals surface area contributed by atoms with E-state index in [0.29, 0.717) is 24.1 Å². The number of halogens is 1. The number of hydrogen-bond donors (Lipinski definition) is 1. The summed E-state index contributed by atoms with van der Waals surface area (Å²) in [4.78, 5) is 16.5. The highest BCUT2D eigenvalue weighted by Gasteiger charge is 2.50. The molecule has 2 atom stereocenters. The van der Waals surface area contributed by atoms with E-state index in [1.54, 1.807) is 0 Å². The minimum atomic E-state index is -0.449. The van der Waals surface area contributed by atoms with E-state index in [1.165, 1.54) is 35.4 Å². The molecule has 1 aliphatic carbocycles. The molecule has 5 rings (SSSR count). The van der Waals surface area contributed by atoms with Gasteiger partial charge in [0.05, 0.1) is 23.6 Å². The highest BCUT2D eigenvalue weighted by atomic mass is 19.1. The Morgan fingerprint density at radius 2 is 2.04 bits per heavy atom. The van der Waals surface area contributed by atoms with Crippen LogP contribution in [-0.4, -0.2) is 44.4 Å². The molecule has 7 heteroatoms. The molecule has 1 aromatic carbocycles. The normalized spacial score (nSPS) is 28.5. The zero-order valence-electron chi connectivity index (χ0n) is 13.5. The molecular weight excluding hydrogens is 309 g/mol. The largest absolute Gasteiger partial charge is 0.331 e. The second kappa shape index (κ2) is 5.66. The molecule has 0 spiro atoms. The van der Waals surface area contributed by atoms with Crippen LogP contribution in [0, 0.1) is 17.7 Å². The molecule has 1 saturated carbocycles. The fraction of sp³-hybridized carbons (Fsp3) is 0.471. The maximum absolute atomic E-state index is 13.8. The minimum absolute atomic E-state index is 0.00306. The Morgan fingerprint density at radius 1 is 1.33 bits per heavy atom. The maximum atomic E-state index is 13.8. The van der Waals surface area contributed by atoms with Crippen molar-refractivity contribution in [2.75, 3.05) is 6.54 Å². The van der Waals surface area contributed by atoms with Gasteiger partial charge >= 0.3 is 0 Å². The van der Waals surface area contributed by atoms with E-state index in [1.807, 2.05) is 4.90 Å². The zero-order chi connectivity index (χ0) is 16.8. The second-order valence-corrected chi connectivity index (χ2v) is 6.74.